The first-order chi connectivity index (χ1) is 14.1. The van der Waals surface area contributed by atoms with Gasteiger partial charge in [-0.15, -0.1) is 0 Å². The molecule has 4 nitrogen and oxygen atoms in total. The summed E-state index contributed by atoms with van der Waals surface area (Å²) in [4.78, 5) is 14.9. The van der Waals surface area contributed by atoms with E-state index in [9.17, 15) is 13.6 Å². The summed E-state index contributed by atoms with van der Waals surface area (Å²) >= 11 is 0. The lowest BCUT2D eigenvalue weighted by Gasteiger charge is -2.43. The molecule has 1 aliphatic carbocycles. The number of carbonyl (C=O) groups is 1. The molecule has 0 aromatic heterocycles. The van der Waals surface area contributed by atoms with Crippen LogP contribution in [-0.4, -0.2) is 36.7 Å². The van der Waals surface area contributed by atoms with Gasteiger partial charge in [0.05, 0.1) is 6.04 Å². The maximum absolute atomic E-state index is 13.6. The number of piperidine rings is 3. The van der Waals surface area contributed by atoms with Crippen LogP contribution in [0, 0.1) is 17.6 Å². The van der Waals surface area contributed by atoms with E-state index >= 15 is 0 Å². The average molecular weight is 398 g/mol. The number of hydrogen-bond donors (Lipinski definition) is 1. The van der Waals surface area contributed by atoms with E-state index in [1.165, 1.54) is 11.6 Å². The number of fused-ring (bicyclic) bond motifs is 4. The Morgan fingerprint density at radius 1 is 1.00 bits per heavy atom. The average Bonchev–Trinajstić information content (AvgIpc) is 3.13. The smallest absolute Gasteiger partial charge is 0.407 e. The van der Waals surface area contributed by atoms with Crippen LogP contribution in [0.5, 0.6) is 0 Å². The molecule has 1 unspecified atom stereocenters. The minimum absolute atomic E-state index is 0.0214. The van der Waals surface area contributed by atoms with Gasteiger partial charge in [-0.1, -0.05) is 18.2 Å². The van der Waals surface area contributed by atoms with Crippen molar-refractivity contribution in [2.75, 3.05) is 19.6 Å². The molecule has 4 aliphatic rings. The molecule has 3 saturated heterocycles. The van der Waals surface area contributed by atoms with Gasteiger partial charge >= 0.3 is 6.09 Å². The van der Waals surface area contributed by atoms with Crippen molar-refractivity contribution in [3.8, 4) is 11.1 Å². The normalized spacial score (nSPS) is 27.5. The predicted octanol–water partition coefficient (Wildman–Crippen LogP) is 4.44. The summed E-state index contributed by atoms with van der Waals surface area (Å²) in [5, 5.41) is 3.03. The van der Waals surface area contributed by atoms with Gasteiger partial charge in [0.25, 0.3) is 0 Å². The van der Waals surface area contributed by atoms with Gasteiger partial charge in [0, 0.05) is 6.54 Å². The number of aryl methyl sites for hydroxylation is 1. The molecule has 2 bridgehead atoms. The third kappa shape index (κ3) is 3.62. The predicted molar refractivity (Wildman–Crippen MR) is 105 cm³/mol. The first-order valence-electron chi connectivity index (χ1n) is 10.3. The number of amides is 1. The maximum Gasteiger partial charge on any atom is 0.407 e. The van der Waals surface area contributed by atoms with Crippen molar-refractivity contribution in [3.05, 3.63) is 59.2 Å². The number of benzene rings is 2. The minimum Gasteiger partial charge on any atom is -0.445 e. The molecule has 2 aromatic rings. The van der Waals surface area contributed by atoms with Crippen molar-refractivity contribution in [2.45, 2.75) is 37.8 Å². The summed E-state index contributed by atoms with van der Waals surface area (Å²) in [7, 11) is 0. The van der Waals surface area contributed by atoms with Crippen molar-refractivity contribution in [2.24, 2.45) is 5.92 Å². The van der Waals surface area contributed by atoms with E-state index in [-0.39, 0.29) is 18.2 Å². The standard InChI is InChI=1S/C23H24F2N2O2/c24-19-5-3-17(12-20(19)25)16-2-1-14-4-6-21(18(14)11-16)26-23(28)29-22-13-27-9-7-15(22)8-10-27/h1-3,5,11-12,15,21-22H,4,6-10,13H2,(H,26,28)/t21?,22-/m1/s1. The largest absolute Gasteiger partial charge is 0.445 e. The van der Waals surface area contributed by atoms with E-state index in [0.717, 1.165) is 62.5 Å². The zero-order chi connectivity index (χ0) is 20.0. The second kappa shape index (κ2) is 7.41. The Hall–Kier alpha value is -2.47. The summed E-state index contributed by atoms with van der Waals surface area (Å²) in [6.45, 7) is 3.05. The lowest BCUT2D eigenvalue weighted by atomic mass is 9.86. The highest BCUT2D eigenvalue weighted by molar-refractivity contribution is 5.70. The summed E-state index contributed by atoms with van der Waals surface area (Å²) in [5.74, 6) is -1.25. The maximum atomic E-state index is 13.6. The fourth-order valence-corrected chi connectivity index (χ4v) is 4.97. The van der Waals surface area contributed by atoms with Gasteiger partial charge in [-0.05, 0) is 85.1 Å². The van der Waals surface area contributed by atoms with Gasteiger partial charge < -0.3 is 10.1 Å². The Kier molecular flexibility index (Phi) is 4.74. The van der Waals surface area contributed by atoms with E-state index in [4.69, 9.17) is 4.74 Å². The summed E-state index contributed by atoms with van der Waals surface area (Å²) in [6.07, 6.45) is 3.50. The molecule has 6 rings (SSSR count). The fourth-order valence-electron chi connectivity index (χ4n) is 4.97. The van der Waals surface area contributed by atoms with Crippen LogP contribution in [0.1, 0.15) is 36.4 Å². The number of nitrogens with one attached hydrogen (secondary N) is 1. The number of hydrogen-bond acceptors (Lipinski definition) is 3. The number of carbonyl (C=O) groups excluding carboxylic acids is 1. The van der Waals surface area contributed by atoms with Gasteiger partial charge in [-0.2, -0.15) is 0 Å². The molecule has 0 saturated carbocycles. The molecule has 3 fully saturated rings. The third-order valence-electron chi connectivity index (χ3n) is 6.62. The van der Waals surface area contributed by atoms with Gasteiger partial charge in [-0.25, -0.2) is 13.6 Å². The molecule has 2 atom stereocenters. The molecule has 6 heteroatoms. The Balaban J connectivity index is 1.30. The van der Waals surface area contributed by atoms with E-state index in [1.54, 1.807) is 6.07 Å². The van der Waals surface area contributed by atoms with E-state index in [2.05, 4.69) is 10.2 Å². The number of rotatable bonds is 3. The van der Waals surface area contributed by atoms with Crippen LogP contribution in [-0.2, 0) is 11.2 Å². The fraction of sp³-hybridized carbons (Fsp3) is 0.435. The number of nitrogens with zero attached hydrogens (tertiary/aromatic N) is 1. The van der Waals surface area contributed by atoms with Gasteiger partial charge in [-0.3, -0.25) is 4.90 Å². The van der Waals surface area contributed by atoms with Crippen LogP contribution >= 0.6 is 0 Å². The van der Waals surface area contributed by atoms with Crippen LogP contribution in [0.3, 0.4) is 0 Å². The topological polar surface area (TPSA) is 41.6 Å². The summed E-state index contributed by atoms with van der Waals surface area (Å²) < 4.78 is 32.6. The van der Waals surface area contributed by atoms with Gasteiger partial charge in [0.2, 0.25) is 0 Å². The van der Waals surface area contributed by atoms with E-state index < -0.39 is 11.6 Å². The zero-order valence-electron chi connectivity index (χ0n) is 16.2. The number of halogens is 2. The highest BCUT2D eigenvalue weighted by atomic mass is 19.2. The van der Waals surface area contributed by atoms with Crippen LogP contribution < -0.4 is 5.32 Å². The Bertz CT molecular complexity index is 940. The van der Waals surface area contributed by atoms with Gasteiger partial charge in [0.15, 0.2) is 11.6 Å². The quantitative estimate of drug-likeness (QED) is 0.831. The third-order valence-corrected chi connectivity index (χ3v) is 6.62. The molecule has 0 spiro atoms. The van der Waals surface area contributed by atoms with Crippen LogP contribution in [0.4, 0.5) is 13.6 Å². The van der Waals surface area contributed by atoms with Crippen molar-refractivity contribution < 1.29 is 18.3 Å². The molecule has 152 valence electrons. The molecule has 0 radical (unpaired) electrons. The second-order valence-corrected chi connectivity index (χ2v) is 8.36. The lowest BCUT2D eigenvalue weighted by molar-refractivity contribution is -0.0339. The highest BCUT2D eigenvalue weighted by Gasteiger charge is 2.37. The number of ether oxygens (including phenoxy) is 1. The molecular formula is C23H24F2N2O2. The Labute approximate surface area is 168 Å². The van der Waals surface area contributed by atoms with Crippen molar-refractivity contribution >= 4 is 6.09 Å². The first-order valence-corrected chi connectivity index (χ1v) is 10.3. The lowest BCUT2D eigenvalue weighted by Crippen LogP contribution is -2.52. The Morgan fingerprint density at radius 2 is 1.76 bits per heavy atom. The van der Waals surface area contributed by atoms with Crippen LogP contribution in [0.15, 0.2) is 36.4 Å². The monoisotopic (exact) mass is 398 g/mol. The van der Waals surface area contributed by atoms with Gasteiger partial charge in [0.1, 0.15) is 6.10 Å². The van der Waals surface area contributed by atoms with Crippen molar-refractivity contribution in [1.29, 1.82) is 0 Å². The minimum atomic E-state index is -0.862. The highest BCUT2D eigenvalue weighted by Crippen LogP contribution is 2.35. The van der Waals surface area contributed by atoms with E-state index in [0.29, 0.717) is 11.5 Å². The SMILES string of the molecule is O=C(NC1CCc2ccc(-c3ccc(F)c(F)c3)cc21)O[C@@H]1CN2CCC1CC2. The van der Waals surface area contributed by atoms with Crippen molar-refractivity contribution in [1.82, 2.24) is 10.2 Å². The molecule has 29 heavy (non-hydrogen) atoms. The molecular weight excluding hydrogens is 374 g/mol. The van der Waals surface area contributed by atoms with Crippen LogP contribution in [0.25, 0.3) is 11.1 Å². The first kappa shape index (κ1) is 18.6. The molecule has 2 aromatic carbocycles. The zero-order valence-corrected chi connectivity index (χ0v) is 16.2. The van der Waals surface area contributed by atoms with Crippen LogP contribution in [0.2, 0.25) is 0 Å². The second-order valence-electron chi connectivity index (χ2n) is 8.36. The summed E-state index contributed by atoms with van der Waals surface area (Å²) in [6, 6.07) is 9.68. The molecule has 1 amide bonds. The number of alkyl carbamates (subject to hydrolysis) is 1. The summed E-state index contributed by atoms with van der Waals surface area (Å²) in [5.41, 5.74) is 3.62. The van der Waals surface area contributed by atoms with E-state index in [1.807, 2.05) is 18.2 Å². The van der Waals surface area contributed by atoms with Crippen molar-refractivity contribution in [3.63, 3.8) is 0 Å². The Morgan fingerprint density at radius 3 is 2.48 bits per heavy atom. The molecule has 3 heterocycles. The molecule has 1 N–H and O–H groups in total. The molecule has 3 aliphatic heterocycles.